The molecule has 0 unspecified atom stereocenters. The molecule has 1 aromatic heterocycles. The molecule has 0 amide bonds. The summed E-state index contributed by atoms with van der Waals surface area (Å²) in [6.45, 7) is -0.265. The SMILES string of the molecule is N#Cc1ccc(S(=O)(=O)NC[C@H](O)c2ccsc2)c(F)c1. The number of nitrogens with zero attached hydrogens (tertiary/aromatic N) is 1. The standard InChI is InChI=1S/C13H11FN2O3S2/c14-11-5-9(6-15)1-2-13(11)21(18,19)16-7-12(17)10-3-4-20-8-10/h1-5,8,12,16-17H,7H2/t12-/m0/s1. The van der Waals surface area contributed by atoms with E-state index in [1.54, 1.807) is 22.9 Å². The second-order valence-corrected chi connectivity index (χ2v) is 6.70. The molecule has 5 nitrogen and oxygen atoms in total. The predicted octanol–water partition coefficient (Wildman–Crippen LogP) is 1.77. The quantitative estimate of drug-likeness (QED) is 0.876. The van der Waals surface area contributed by atoms with Gasteiger partial charge in [-0.3, -0.25) is 0 Å². The minimum atomic E-state index is -4.09. The van der Waals surface area contributed by atoms with Crippen molar-refractivity contribution in [2.75, 3.05) is 6.54 Å². The van der Waals surface area contributed by atoms with Crippen molar-refractivity contribution in [2.45, 2.75) is 11.0 Å². The lowest BCUT2D eigenvalue weighted by atomic mass is 10.2. The fourth-order valence-electron chi connectivity index (χ4n) is 1.64. The maximum absolute atomic E-state index is 13.7. The molecule has 0 radical (unpaired) electrons. The summed E-state index contributed by atoms with van der Waals surface area (Å²) in [6, 6.07) is 6.48. The first-order valence-electron chi connectivity index (χ1n) is 5.83. The van der Waals surface area contributed by atoms with Gasteiger partial charge in [-0.25, -0.2) is 17.5 Å². The minimum absolute atomic E-state index is 0.0322. The number of hydrogen-bond acceptors (Lipinski definition) is 5. The Labute approximate surface area is 125 Å². The van der Waals surface area contributed by atoms with Crippen molar-refractivity contribution in [1.29, 1.82) is 5.26 Å². The molecule has 0 bridgehead atoms. The normalized spacial score (nSPS) is 12.8. The van der Waals surface area contributed by atoms with E-state index in [4.69, 9.17) is 5.26 Å². The number of hydrogen-bond donors (Lipinski definition) is 2. The van der Waals surface area contributed by atoms with E-state index in [2.05, 4.69) is 4.72 Å². The Morgan fingerprint density at radius 3 is 2.76 bits per heavy atom. The van der Waals surface area contributed by atoms with Crippen molar-refractivity contribution in [2.24, 2.45) is 0 Å². The molecule has 1 aromatic carbocycles. The van der Waals surface area contributed by atoms with Gasteiger partial charge < -0.3 is 5.11 Å². The first-order valence-corrected chi connectivity index (χ1v) is 8.26. The summed E-state index contributed by atoms with van der Waals surface area (Å²) in [5, 5.41) is 21.9. The van der Waals surface area contributed by atoms with Crippen LogP contribution in [0.15, 0.2) is 39.9 Å². The van der Waals surface area contributed by atoms with Crippen LogP contribution in [0.1, 0.15) is 17.2 Å². The van der Waals surface area contributed by atoms with Crippen LogP contribution >= 0.6 is 11.3 Å². The summed E-state index contributed by atoms with van der Waals surface area (Å²) >= 11 is 1.38. The van der Waals surface area contributed by atoms with Gasteiger partial charge >= 0.3 is 0 Å². The molecule has 110 valence electrons. The molecule has 0 aliphatic carbocycles. The van der Waals surface area contributed by atoms with E-state index in [1.165, 1.54) is 17.4 Å². The molecule has 2 rings (SSSR count). The van der Waals surface area contributed by atoms with Gasteiger partial charge in [0.15, 0.2) is 0 Å². The molecule has 1 heterocycles. The largest absolute Gasteiger partial charge is 0.387 e. The first kappa shape index (κ1) is 15.6. The Hall–Kier alpha value is -1.79. The van der Waals surface area contributed by atoms with E-state index < -0.39 is 26.8 Å². The second kappa shape index (κ2) is 6.32. The molecule has 2 aromatic rings. The van der Waals surface area contributed by atoms with E-state index in [-0.39, 0.29) is 12.1 Å². The summed E-state index contributed by atoms with van der Waals surface area (Å²) in [5.41, 5.74) is 0.618. The van der Waals surface area contributed by atoms with Crippen molar-refractivity contribution >= 4 is 21.4 Å². The molecule has 0 spiro atoms. The van der Waals surface area contributed by atoms with E-state index >= 15 is 0 Å². The van der Waals surface area contributed by atoms with Crippen LogP contribution in [0.2, 0.25) is 0 Å². The van der Waals surface area contributed by atoms with Gasteiger partial charge in [-0.2, -0.15) is 16.6 Å². The Morgan fingerprint density at radius 2 is 2.19 bits per heavy atom. The lowest BCUT2D eigenvalue weighted by Gasteiger charge is -2.11. The third kappa shape index (κ3) is 3.65. The number of sulfonamides is 1. The minimum Gasteiger partial charge on any atom is -0.387 e. The molecule has 0 saturated carbocycles. The Balaban J connectivity index is 2.14. The second-order valence-electron chi connectivity index (χ2n) is 4.18. The zero-order chi connectivity index (χ0) is 15.5. The molecule has 1 atom stereocenters. The number of rotatable bonds is 5. The topological polar surface area (TPSA) is 90.2 Å². The number of aliphatic hydroxyl groups excluding tert-OH is 1. The van der Waals surface area contributed by atoms with Gasteiger partial charge in [0.05, 0.1) is 17.7 Å². The van der Waals surface area contributed by atoms with Gasteiger partial charge in [0.2, 0.25) is 10.0 Å². The molecule has 0 aliphatic rings. The molecule has 0 saturated heterocycles. The van der Waals surface area contributed by atoms with Crippen molar-refractivity contribution in [3.8, 4) is 6.07 Å². The zero-order valence-corrected chi connectivity index (χ0v) is 12.3. The molecule has 2 N–H and O–H groups in total. The van der Waals surface area contributed by atoms with Crippen LogP contribution in [0.4, 0.5) is 4.39 Å². The van der Waals surface area contributed by atoms with Crippen LogP contribution in [0.5, 0.6) is 0 Å². The third-order valence-corrected chi connectivity index (χ3v) is 4.90. The van der Waals surface area contributed by atoms with Crippen molar-refractivity contribution in [3.63, 3.8) is 0 Å². The number of nitriles is 1. The van der Waals surface area contributed by atoms with Gasteiger partial charge in [0, 0.05) is 6.54 Å². The summed E-state index contributed by atoms with van der Waals surface area (Å²) < 4.78 is 39.8. The highest BCUT2D eigenvalue weighted by Crippen LogP contribution is 2.18. The van der Waals surface area contributed by atoms with Crippen molar-refractivity contribution in [3.05, 3.63) is 52.0 Å². The Kier molecular flexibility index (Phi) is 4.69. The monoisotopic (exact) mass is 326 g/mol. The molecule has 0 aliphatic heterocycles. The van der Waals surface area contributed by atoms with Crippen LogP contribution in [0, 0.1) is 17.1 Å². The van der Waals surface area contributed by atoms with Crippen LogP contribution in [0.3, 0.4) is 0 Å². The number of thiophene rings is 1. The van der Waals surface area contributed by atoms with Gasteiger partial charge in [0.1, 0.15) is 10.7 Å². The lowest BCUT2D eigenvalue weighted by molar-refractivity contribution is 0.182. The molecule has 0 fully saturated rings. The maximum atomic E-state index is 13.7. The van der Waals surface area contributed by atoms with Crippen LogP contribution in [-0.4, -0.2) is 20.1 Å². The fraction of sp³-hybridized carbons (Fsp3) is 0.154. The lowest BCUT2D eigenvalue weighted by Crippen LogP contribution is -2.29. The van der Waals surface area contributed by atoms with Gasteiger partial charge in [-0.05, 0) is 40.6 Å². The highest BCUT2D eigenvalue weighted by Gasteiger charge is 2.21. The van der Waals surface area contributed by atoms with E-state index in [0.717, 1.165) is 12.1 Å². The average molecular weight is 326 g/mol. The molecular formula is C13H11FN2O3S2. The predicted molar refractivity (Wildman–Crippen MR) is 75.6 cm³/mol. The van der Waals surface area contributed by atoms with E-state index in [1.807, 2.05) is 0 Å². The first-order chi connectivity index (χ1) is 9.94. The van der Waals surface area contributed by atoms with Crippen molar-refractivity contribution < 1.29 is 17.9 Å². The highest BCUT2D eigenvalue weighted by molar-refractivity contribution is 7.89. The van der Waals surface area contributed by atoms with Crippen LogP contribution in [-0.2, 0) is 10.0 Å². The Bertz CT molecular complexity index is 767. The van der Waals surface area contributed by atoms with Crippen molar-refractivity contribution in [1.82, 2.24) is 4.72 Å². The third-order valence-electron chi connectivity index (χ3n) is 2.75. The van der Waals surface area contributed by atoms with E-state index in [9.17, 15) is 17.9 Å². The molecular weight excluding hydrogens is 315 g/mol. The molecule has 21 heavy (non-hydrogen) atoms. The van der Waals surface area contributed by atoms with Gasteiger partial charge in [0.25, 0.3) is 0 Å². The smallest absolute Gasteiger partial charge is 0.243 e. The fourth-order valence-corrected chi connectivity index (χ4v) is 3.44. The highest BCUT2D eigenvalue weighted by atomic mass is 32.2. The molecule has 8 heteroatoms. The number of aliphatic hydroxyl groups is 1. The summed E-state index contributed by atoms with van der Waals surface area (Å²) in [4.78, 5) is -0.556. The summed E-state index contributed by atoms with van der Waals surface area (Å²) in [5.74, 6) is -1.01. The van der Waals surface area contributed by atoms with Gasteiger partial charge in [-0.15, -0.1) is 0 Å². The summed E-state index contributed by atoms with van der Waals surface area (Å²) in [7, 11) is -4.09. The van der Waals surface area contributed by atoms with Gasteiger partial charge in [-0.1, -0.05) is 0 Å². The maximum Gasteiger partial charge on any atom is 0.243 e. The number of halogens is 1. The summed E-state index contributed by atoms with van der Waals surface area (Å²) in [6.07, 6.45) is -1.01. The zero-order valence-electron chi connectivity index (χ0n) is 10.7. The Morgan fingerprint density at radius 1 is 1.43 bits per heavy atom. The number of nitrogens with one attached hydrogen (secondary N) is 1. The number of benzene rings is 1. The van der Waals surface area contributed by atoms with Crippen LogP contribution in [0.25, 0.3) is 0 Å². The van der Waals surface area contributed by atoms with E-state index in [0.29, 0.717) is 5.56 Å². The average Bonchev–Trinajstić information content (AvgIpc) is 2.98. The van der Waals surface area contributed by atoms with Crippen LogP contribution < -0.4 is 4.72 Å².